The van der Waals surface area contributed by atoms with Crippen molar-refractivity contribution in [1.29, 1.82) is 0 Å². The van der Waals surface area contributed by atoms with Crippen LogP contribution in [0.3, 0.4) is 0 Å². The molecule has 1 heterocycles. The van der Waals surface area contributed by atoms with Crippen molar-refractivity contribution in [2.45, 2.75) is 4.90 Å². The molecule has 0 aliphatic heterocycles. The number of nitrogens with one attached hydrogen (secondary N) is 1. The molecule has 0 aliphatic rings. The number of carbonyl (C=O) groups excluding carboxylic acids is 2. The third kappa shape index (κ3) is 5.11. The third-order valence-electron chi connectivity index (χ3n) is 2.63. The minimum atomic E-state index is -3.87. The molecule has 1 aromatic heterocycles. The number of ether oxygens (including phenoxy) is 1. The zero-order valence-electron chi connectivity index (χ0n) is 11.8. The van der Waals surface area contributed by atoms with Gasteiger partial charge < -0.3 is 10.1 Å². The van der Waals surface area contributed by atoms with Crippen molar-refractivity contribution >= 4 is 70.8 Å². The first-order chi connectivity index (χ1) is 11.2. The standard InChI is InChI=1S/C13H10Br2N2O5S2/c14-9-5-10(23-12(9)15)13(19)22-6-11(18)17-7-2-1-3-8(4-7)24(16,20)21/h1-5H,6H2,(H,17,18)(H2,16,20,21). The zero-order chi connectivity index (χ0) is 17.9. The maximum Gasteiger partial charge on any atom is 0.348 e. The van der Waals surface area contributed by atoms with Gasteiger partial charge in [0.25, 0.3) is 5.91 Å². The molecule has 0 unspecified atom stereocenters. The largest absolute Gasteiger partial charge is 0.451 e. The van der Waals surface area contributed by atoms with Crippen LogP contribution in [0, 0.1) is 0 Å². The first kappa shape index (κ1) is 19.1. The van der Waals surface area contributed by atoms with Crippen molar-refractivity contribution < 1.29 is 22.7 Å². The van der Waals surface area contributed by atoms with E-state index in [1.54, 1.807) is 6.07 Å². The third-order valence-corrected chi connectivity index (χ3v) is 6.77. The molecule has 0 saturated carbocycles. The van der Waals surface area contributed by atoms with Crippen LogP contribution in [0.2, 0.25) is 0 Å². The number of benzene rings is 1. The predicted molar refractivity (Wildman–Crippen MR) is 96.4 cm³/mol. The van der Waals surface area contributed by atoms with Gasteiger partial charge in [0.1, 0.15) is 4.88 Å². The van der Waals surface area contributed by atoms with Gasteiger partial charge in [-0.05, 0) is 56.1 Å². The molecule has 7 nitrogen and oxygen atoms in total. The molecular formula is C13H10Br2N2O5S2. The van der Waals surface area contributed by atoms with Crippen LogP contribution in [0.1, 0.15) is 9.67 Å². The van der Waals surface area contributed by atoms with E-state index in [-0.39, 0.29) is 10.6 Å². The number of hydrogen-bond acceptors (Lipinski definition) is 6. The average molecular weight is 498 g/mol. The number of anilines is 1. The molecule has 11 heteroatoms. The number of amides is 1. The summed E-state index contributed by atoms with van der Waals surface area (Å²) in [5.74, 6) is -1.25. The summed E-state index contributed by atoms with van der Waals surface area (Å²) in [6, 6.07) is 7.01. The lowest BCUT2D eigenvalue weighted by molar-refractivity contribution is -0.119. The smallest absolute Gasteiger partial charge is 0.348 e. The van der Waals surface area contributed by atoms with Gasteiger partial charge in [0.2, 0.25) is 10.0 Å². The van der Waals surface area contributed by atoms with Crippen LogP contribution in [0.15, 0.2) is 43.5 Å². The minimum absolute atomic E-state index is 0.134. The number of nitrogens with two attached hydrogens (primary N) is 1. The molecule has 2 aromatic rings. The number of carbonyl (C=O) groups is 2. The van der Waals surface area contributed by atoms with Gasteiger partial charge in [-0.3, -0.25) is 4.79 Å². The van der Waals surface area contributed by atoms with Crippen LogP contribution in [0.25, 0.3) is 0 Å². The van der Waals surface area contributed by atoms with Crippen LogP contribution in [0.4, 0.5) is 5.69 Å². The van der Waals surface area contributed by atoms with Crippen molar-refractivity contribution in [3.63, 3.8) is 0 Å². The number of primary sulfonamides is 1. The fraction of sp³-hybridized carbons (Fsp3) is 0.0769. The molecule has 0 atom stereocenters. The highest BCUT2D eigenvalue weighted by Gasteiger charge is 2.15. The monoisotopic (exact) mass is 496 g/mol. The Labute approximate surface area is 158 Å². The maximum atomic E-state index is 11.8. The average Bonchev–Trinajstić information content (AvgIpc) is 2.84. The summed E-state index contributed by atoms with van der Waals surface area (Å²) in [6.45, 7) is -0.508. The molecule has 0 spiro atoms. The molecule has 0 radical (unpaired) electrons. The summed E-state index contributed by atoms with van der Waals surface area (Å²) in [5.41, 5.74) is 0.226. The van der Waals surface area contributed by atoms with Crippen LogP contribution >= 0.6 is 43.2 Å². The first-order valence-electron chi connectivity index (χ1n) is 6.21. The lowest BCUT2D eigenvalue weighted by Crippen LogP contribution is -2.21. The molecule has 0 fully saturated rings. The normalized spacial score (nSPS) is 11.1. The van der Waals surface area contributed by atoms with Crippen molar-refractivity contribution in [3.05, 3.63) is 43.5 Å². The summed E-state index contributed by atoms with van der Waals surface area (Å²) < 4.78 is 28.9. The van der Waals surface area contributed by atoms with E-state index in [1.165, 1.54) is 35.6 Å². The Bertz CT molecular complexity index is 876. The van der Waals surface area contributed by atoms with E-state index in [1.807, 2.05) is 0 Å². The Hall–Kier alpha value is -1.27. The second kappa shape index (κ2) is 7.74. The lowest BCUT2D eigenvalue weighted by Gasteiger charge is -2.07. The van der Waals surface area contributed by atoms with Gasteiger partial charge >= 0.3 is 5.97 Å². The number of thiophene rings is 1. The Morgan fingerprint density at radius 2 is 1.96 bits per heavy atom. The quantitative estimate of drug-likeness (QED) is 0.616. The highest BCUT2D eigenvalue weighted by molar-refractivity contribution is 9.13. The summed E-state index contributed by atoms with van der Waals surface area (Å²) in [6.07, 6.45) is 0. The second-order valence-electron chi connectivity index (χ2n) is 4.43. The SMILES string of the molecule is NS(=O)(=O)c1cccc(NC(=O)COC(=O)c2cc(Br)c(Br)s2)c1. The fourth-order valence-electron chi connectivity index (χ4n) is 1.60. The van der Waals surface area contributed by atoms with E-state index in [9.17, 15) is 18.0 Å². The van der Waals surface area contributed by atoms with Gasteiger partial charge in [-0.1, -0.05) is 6.07 Å². The van der Waals surface area contributed by atoms with Gasteiger partial charge in [-0.2, -0.15) is 0 Å². The van der Waals surface area contributed by atoms with Crippen molar-refractivity contribution in [3.8, 4) is 0 Å². The zero-order valence-corrected chi connectivity index (χ0v) is 16.6. The van der Waals surface area contributed by atoms with E-state index in [4.69, 9.17) is 9.88 Å². The van der Waals surface area contributed by atoms with Gasteiger partial charge in [0.05, 0.1) is 8.68 Å². The van der Waals surface area contributed by atoms with Crippen LogP contribution in [0.5, 0.6) is 0 Å². The molecule has 128 valence electrons. The van der Waals surface area contributed by atoms with Crippen LogP contribution in [-0.2, 0) is 19.6 Å². The number of esters is 1. The molecule has 2 rings (SSSR count). The Balaban J connectivity index is 1.95. The molecule has 0 aliphatic carbocycles. The van der Waals surface area contributed by atoms with E-state index in [0.29, 0.717) is 9.35 Å². The fourth-order valence-corrected chi connectivity index (χ4v) is 4.09. The Morgan fingerprint density at radius 3 is 2.54 bits per heavy atom. The van der Waals surface area contributed by atoms with Gasteiger partial charge in [-0.15, -0.1) is 11.3 Å². The predicted octanol–water partition coefficient (Wildman–Crippen LogP) is 2.72. The van der Waals surface area contributed by atoms with E-state index in [0.717, 1.165) is 3.79 Å². The van der Waals surface area contributed by atoms with Gasteiger partial charge in [0, 0.05) is 10.2 Å². The van der Waals surface area contributed by atoms with Gasteiger partial charge in [-0.25, -0.2) is 18.4 Å². The first-order valence-corrected chi connectivity index (χ1v) is 10.2. The number of halogens is 2. The van der Waals surface area contributed by atoms with Gasteiger partial charge in [0.15, 0.2) is 6.61 Å². The van der Waals surface area contributed by atoms with Crippen LogP contribution in [-0.4, -0.2) is 26.9 Å². The minimum Gasteiger partial charge on any atom is -0.451 e. The van der Waals surface area contributed by atoms with Crippen molar-refractivity contribution in [2.24, 2.45) is 5.14 Å². The van der Waals surface area contributed by atoms with Crippen molar-refractivity contribution in [2.75, 3.05) is 11.9 Å². The topological polar surface area (TPSA) is 116 Å². The number of sulfonamides is 1. The van der Waals surface area contributed by atoms with E-state index >= 15 is 0 Å². The summed E-state index contributed by atoms with van der Waals surface area (Å²) in [7, 11) is -3.87. The molecule has 1 amide bonds. The van der Waals surface area contributed by atoms with Crippen molar-refractivity contribution in [1.82, 2.24) is 0 Å². The maximum absolute atomic E-state index is 11.8. The summed E-state index contributed by atoms with van der Waals surface area (Å²) in [5, 5.41) is 7.44. The number of hydrogen-bond donors (Lipinski definition) is 2. The highest BCUT2D eigenvalue weighted by atomic mass is 79.9. The van der Waals surface area contributed by atoms with E-state index < -0.39 is 28.5 Å². The molecule has 1 aromatic carbocycles. The second-order valence-corrected chi connectivity index (χ2v) is 9.22. The summed E-state index contributed by atoms with van der Waals surface area (Å²) >= 11 is 7.67. The summed E-state index contributed by atoms with van der Waals surface area (Å²) in [4.78, 5) is 23.8. The molecular weight excluding hydrogens is 488 g/mol. The molecule has 0 saturated heterocycles. The molecule has 0 bridgehead atoms. The Morgan fingerprint density at radius 1 is 1.25 bits per heavy atom. The van der Waals surface area contributed by atoms with Crippen LogP contribution < -0.4 is 10.5 Å². The highest BCUT2D eigenvalue weighted by Crippen LogP contribution is 2.32. The number of rotatable bonds is 5. The van der Waals surface area contributed by atoms with E-state index in [2.05, 4.69) is 37.2 Å². The lowest BCUT2D eigenvalue weighted by atomic mass is 10.3. The Kier molecular flexibility index (Phi) is 6.15. The molecule has 3 N–H and O–H groups in total. The molecule has 24 heavy (non-hydrogen) atoms.